The van der Waals surface area contributed by atoms with Crippen LogP contribution in [0.4, 0.5) is 0 Å². The second-order valence-corrected chi connectivity index (χ2v) is 5.13. The number of nitriles is 1. The summed E-state index contributed by atoms with van der Waals surface area (Å²) in [7, 11) is 0. The molecular weight excluding hydrogens is 272 g/mol. The number of rotatable bonds is 6. The fourth-order valence-electron chi connectivity index (χ4n) is 2.13. The zero-order valence-electron chi connectivity index (χ0n) is 11.5. The molecule has 104 valence electrons. The number of hydrogen-bond acceptors (Lipinski definition) is 3. The monoisotopic (exact) mass is 288 g/mol. The molecule has 1 aromatic heterocycles. The zero-order valence-corrected chi connectivity index (χ0v) is 12.3. The lowest BCUT2D eigenvalue weighted by atomic mass is 10.1. The van der Waals surface area contributed by atoms with E-state index in [0.29, 0.717) is 10.7 Å². The van der Waals surface area contributed by atoms with Crippen molar-refractivity contribution in [3.8, 4) is 17.3 Å². The van der Waals surface area contributed by atoms with Gasteiger partial charge < -0.3 is 0 Å². The largest absolute Gasteiger partial charge is 0.243 e. The van der Waals surface area contributed by atoms with Crippen LogP contribution in [-0.2, 0) is 6.54 Å². The van der Waals surface area contributed by atoms with Crippen molar-refractivity contribution in [3.05, 3.63) is 35.0 Å². The second kappa shape index (κ2) is 7.06. The summed E-state index contributed by atoms with van der Waals surface area (Å²) in [6.45, 7) is 2.97. The Bertz CT molecular complexity index is 595. The van der Waals surface area contributed by atoms with Gasteiger partial charge in [0.25, 0.3) is 0 Å². The first-order valence-electron chi connectivity index (χ1n) is 6.85. The lowest BCUT2D eigenvalue weighted by molar-refractivity contribution is 0.531. The van der Waals surface area contributed by atoms with Gasteiger partial charge in [-0.1, -0.05) is 55.1 Å². The first-order valence-corrected chi connectivity index (χ1v) is 7.23. The van der Waals surface area contributed by atoms with Crippen LogP contribution in [0.1, 0.15) is 38.3 Å². The SMILES string of the molecule is CCCCCCn1nnc(C#N)c1-c1ccc(Cl)cc1. The predicted molar refractivity (Wildman–Crippen MR) is 79.3 cm³/mol. The van der Waals surface area contributed by atoms with Gasteiger partial charge in [0.2, 0.25) is 0 Å². The highest BCUT2D eigenvalue weighted by atomic mass is 35.5. The summed E-state index contributed by atoms with van der Waals surface area (Å²) in [6.07, 6.45) is 4.63. The van der Waals surface area contributed by atoms with Crippen LogP contribution in [0.2, 0.25) is 5.02 Å². The van der Waals surface area contributed by atoms with Gasteiger partial charge in [0.1, 0.15) is 11.8 Å². The molecule has 0 saturated carbocycles. The van der Waals surface area contributed by atoms with E-state index in [1.165, 1.54) is 12.8 Å². The predicted octanol–water partition coefficient (Wildman–Crippen LogP) is 4.05. The second-order valence-electron chi connectivity index (χ2n) is 4.69. The Morgan fingerprint density at radius 1 is 1.20 bits per heavy atom. The molecule has 0 saturated heterocycles. The average molecular weight is 289 g/mol. The third-order valence-corrected chi connectivity index (χ3v) is 3.43. The van der Waals surface area contributed by atoms with E-state index in [2.05, 4.69) is 23.3 Å². The number of hydrogen-bond donors (Lipinski definition) is 0. The highest BCUT2D eigenvalue weighted by Crippen LogP contribution is 2.24. The zero-order chi connectivity index (χ0) is 14.4. The number of unbranched alkanes of at least 4 members (excludes halogenated alkanes) is 3. The summed E-state index contributed by atoms with van der Waals surface area (Å²) in [6, 6.07) is 9.51. The van der Waals surface area contributed by atoms with E-state index in [1.807, 2.05) is 28.9 Å². The van der Waals surface area contributed by atoms with Crippen molar-refractivity contribution in [1.29, 1.82) is 5.26 Å². The summed E-state index contributed by atoms with van der Waals surface area (Å²) < 4.78 is 1.82. The molecule has 20 heavy (non-hydrogen) atoms. The first kappa shape index (κ1) is 14.5. The third-order valence-electron chi connectivity index (χ3n) is 3.18. The van der Waals surface area contributed by atoms with Crippen molar-refractivity contribution in [2.45, 2.75) is 39.2 Å². The molecule has 0 amide bonds. The molecular formula is C15H17ClN4. The Labute approximate surface area is 124 Å². The standard InChI is InChI=1S/C15H17ClN4/c1-2-3-4-5-10-20-15(14(11-17)18-19-20)12-6-8-13(16)9-7-12/h6-9H,2-5,10H2,1H3. The highest BCUT2D eigenvalue weighted by molar-refractivity contribution is 6.30. The van der Waals surface area contributed by atoms with E-state index in [1.54, 1.807) is 0 Å². The summed E-state index contributed by atoms with van der Waals surface area (Å²) in [5.41, 5.74) is 2.06. The van der Waals surface area contributed by atoms with E-state index < -0.39 is 0 Å². The van der Waals surface area contributed by atoms with E-state index >= 15 is 0 Å². The molecule has 0 unspecified atom stereocenters. The van der Waals surface area contributed by atoms with Crippen molar-refractivity contribution in [3.63, 3.8) is 0 Å². The number of aromatic nitrogens is 3. The summed E-state index contributed by atoms with van der Waals surface area (Å²) in [4.78, 5) is 0. The van der Waals surface area contributed by atoms with E-state index in [0.717, 1.165) is 30.6 Å². The van der Waals surface area contributed by atoms with Gasteiger partial charge in [-0.25, -0.2) is 4.68 Å². The van der Waals surface area contributed by atoms with Crippen molar-refractivity contribution in [2.24, 2.45) is 0 Å². The van der Waals surface area contributed by atoms with Gasteiger partial charge in [-0.2, -0.15) is 5.26 Å². The minimum Gasteiger partial charge on any atom is -0.243 e. The molecule has 0 fully saturated rings. The molecule has 0 radical (unpaired) electrons. The Morgan fingerprint density at radius 2 is 1.95 bits per heavy atom. The summed E-state index contributed by atoms with van der Waals surface area (Å²) >= 11 is 5.90. The summed E-state index contributed by atoms with van der Waals surface area (Å²) in [5, 5.41) is 17.9. The minimum atomic E-state index is 0.364. The lowest BCUT2D eigenvalue weighted by Gasteiger charge is -2.06. The molecule has 0 N–H and O–H groups in total. The molecule has 4 nitrogen and oxygen atoms in total. The minimum absolute atomic E-state index is 0.364. The van der Waals surface area contributed by atoms with Gasteiger partial charge in [0.05, 0.1) is 0 Å². The fourth-order valence-corrected chi connectivity index (χ4v) is 2.25. The molecule has 0 atom stereocenters. The topological polar surface area (TPSA) is 54.5 Å². The maximum atomic E-state index is 9.17. The van der Waals surface area contributed by atoms with Crippen LogP contribution in [-0.4, -0.2) is 15.0 Å². The van der Waals surface area contributed by atoms with Crippen LogP contribution in [0.25, 0.3) is 11.3 Å². The molecule has 2 rings (SSSR count). The average Bonchev–Trinajstić information content (AvgIpc) is 2.87. The van der Waals surface area contributed by atoms with Gasteiger partial charge in [0.15, 0.2) is 5.69 Å². The number of benzene rings is 1. The van der Waals surface area contributed by atoms with Gasteiger partial charge in [0, 0.05) is 17.1 Å². The maximum absolute atomic E-state index is 9.17. The van der Waals surface area contributed by atoms with Gasteiger partial charge in [-0.15, -0.1) is 5.10 Å². The van der Waals surface area contributed by atoms with Crippen LogP contribution in [0.3, 0.4) is 0 Å². The van der Waals surface area contributed by atoms with Crippen LogP contribution in [0.5, 0.6) is 0 Å². The highest BCUT2D eigenvalue weighted by Gasteiger charge is 2.14. The van der Waals surface area contributed by atoms with Gasteiger partial charge >= 0.3 is 0 Å². The Kier molecular flexibility index (Phi) is 5.14. The number of aryl methyl sites for hydroxylation is 1. The van der Waals surface area contributed by atoms with Gasteiger partial charge in [-0.05, 0) is 18.6 Å². The molecule has 0 aliphatic carbocycles. The molecule has 0 aliphatic rings. The maximum Gasteiger partial charge on any atom is 0.190 e. The van der Waals surface area contributed by atoms with Crippen molar-refractivity contribution < 1.29 is 0 Å². The van der Waals surface area contributed by atoms with Crippen LogP contribution >= 0.6 is 11.6 Å². The molecule has 0 aliphatic heterocycles. The van der Waals surface area contributed by atoms with E-state index in [9.17, 15) is 0 Å². The molecule has 5 heteroatoms. The Hall–Kier alpha value is -1.86. The van der Waals surface area contributed by atoms with Crippen LogP contribution < -0.4 is 0 Å². The first-order chi connectivity index (χ1) is 9.76. The Morgan fingerprint density at radius 3 is 2.60 bits per heavy atom. The van der Waals surface area contributed by atoms with Crippen molar-refractivity contribution in [1.82, 2.24) is 15.0 Å². The van der Waals surface area contributed by atoms with Crippen LogP contribution in [0, 0.1) is 11.3 Å². The molecule has 0 spiro atoms. The molecule has 1 heterocycles. The van der Waals surface area contributed by atoms with Crippen molar-refractivity contribution in [2.75, 3.05) is 0 Å². The van der Waals surface area contributed by atoms with E-state index in [-0.39, 0.29) is 0 Å². The smallest absolute Gasteiger partial charge is 0.190 e. The van der Waals surface area contributed by atoms with Crippen LogP contribution in [0.15, 0.2) is 24.3 Å². The number of nitrogens with zero attached hydrogens (tertiary/aromatic N) is 4. The fraction of sp³-hybridized carbons (Fsp3) is 0.400. The quantitative estimate of drug-likeness (QED) is 0.754. The third kappa shape index (κ3) is 3.37. The van der Waals surface area contributed by atoms with Crippen molar-refractivity contribution >= 4 is 11.6 Å². The molecule has 1 aromatic carbocycles. The lowest BCUT2D eigenvalue weighted by Crippen LogP contribution is -2.03. The normalized spacial score (nSPS) is 10.4. The summed E-state index contributed by atoms with van der Waals surface area (Å²) in [5.74, 6) is 0. The van der Waals surface area contributed by atoms with Gasteiger partial charge in [-0.3, -0.25) is 0 Å². The van der Waals surface area contributed by atoms with E-state index in [4.69, 9.17) is 16.9 Å². The molecule has 0 bridgehead atoms. The number of halogens is 1. The Balaban J connectivity index is 2.23. The molecule has 2 aromatic rings.